The Morgan fingerprint density at radius 3 is 2.62 bits per heavy atom. The molecule has 1 aliphatic carbocycles. The number of hydrogen-bond donors (Lipinski definition) is 1. The number of rotatable bonds is 3. The third-order valence-corrected chi connectivity index (χ3v) is 5.55. The Balaban J connectivity index is 1.70. The van der Waals surface area contributed by atoms with E-state index in [2.05, 4.69) is 60.7 Å². The molecular weight excluding hydrogens is 324 g/mol. The molecule has 4 heteroatoms. The number of esters is 1. The molecule has 1 heterocycles. The molecule has 4 nitrogen and oxygen atoms in total. The molecule has 0 aromatic heterocycles. The fraction of sp³-hybridized carbons (Fsp3) is 0.318. The van der Waals surface area contributed by atoms with Crippen molar-refractivity contribution in [3.05, 3.63) is 71.3 Å². The smallest absolute Gasteiger partial charge is 0.337 e. The summed E-state index contributed by atoms with van der Waals surface area (Å²) in [7, 11) is 5.53. The molecule has 134 valence electrons. The highest BCUT2D eigenvalue weighted by Crippen LogP contribution is 2.50. The lowest BCUT2D eigenvalue weighted by Gasteiger charge is -2.37. The van der Waals surface area contributed by atoms with Gasteiger partial charge in [0, 0.05) is 31.4 Å². The summed E-state index contributed by atoms with van der Waals surface area (Å²) in [5.74, 6) is 0.503. The topological polar surface area (TPSA) is 41.6 Å². The Labute approximate surface area is 154 Å². The summed E-state index contributed by atoms with van der Waals surface area (Å²) in [5.41, 5.74) is 5.41. The number of ether oxygens (including phenoxy) is 1. The molecular formula is C22H24N2O2. The number of nitrogens with zero attached hydrogens (tertiary/aromatic N) is 1. The molecule has 0 bridgehead atoms. The Morgan fingerprint density at radius 2 is 1.92 bits per heavy atom. The number of carbonyl (C=O) groups is 1. The van der Waals surface area contributed by atoms with Crippen molar-refractivity contribution in [2.75, 3.05) is 31.4 Å². The van der Waals surface area contributed by atoms with Gasteiger partial charge in [-0.15, -0.1) is 0 Å². The quantitative estimate of drug-likeness (QED) is 0.661. The second-order valence-corrected chi connectivity index (χ2v) is 7.26. The maximum Gasteiger partial charge on any atom is 0.337 e. The van der Waals surface area contributed by atoms with Crippen LogP contribution >= 0.6 is 0 Å². The number of hydrogen-bond acceptors (Lipinski definition) is 4. The summed E-state index contributed by atoms with van der Waals surface area (Å²) in [6.07, 6.45) is 5.59. The SMILES string of the molecule is COC(=O)c1ccc2c(c1)C1C=CCC1C(c1ccc(N(C)C)cc1)N2. The maximum atomic E-state index is 11.9. The first-order valence-corrected chi connectivity index (χ1v) is 9.01. The molecule has 3 unspecified atom stereocenters. The standard InChI is InChI=1S/C22H24N2O2/c1-24(2)16-10-7-14(8-11-16)21-18-6-4-5-17(18)19-13-15(22(25)26-3)9-12-20(19)23-21/h4-5,7-13,17-18,21,23H,6H2,1-3H3. The van der Waals surface area contributed by atoms with Crippen molar-refractivity contribution in [3.8, 4) is 0 Å². The first kappa shape index (κ1) is 16.7. The van der Waals surface area contributed by atoms with Gasteiger partial charge in [-0.1, -0.05) is 24.3 Å². The maximum absolute atomic E-state index is 11.9. The summed E-state index contributed by atoms with van der Waals surface area (Å²) >= 11 is 0. The largest absolute Gasteiger partial charge is 0.465 e. The molecule has 2 aromatic carbocycles. The molecule has 1 N–H and O–H groups in total. The fourth-order valence-electron chi connectivity index (χ4n) is 4.15. The summed E-state index contributed by atoms with van der Waals surface area (Å²) < 4.78 is 4.88. The molecule has 0 spiro atoms. The van der Waals surface area contributed by atoms with Crippen LogP contribution in [0.25, 0.3) is 0 Å². The predicted molar refractivity (Wildman–Crippen MR) is 105 cm³/mol. The van der Waals surface area contributed by atoms with Crippen LogP contribution in [0.3, 0.4) is 0 Å². The molecule has 4 rings (SSSR count). The van der Waals surface area contributed by atoms with Gasteiger partial charge in [0.2, 0.25) is 0 Å². The van der Waals surface area contributed by atoms with Gasteiger partial charge in [0.05, 0.1) is 18.7 Å². The van der Waals surface area contributed by atoms with Crippen LogP contribution < -0.4 is 10.2 Å². The lowest BCUT2D eigenvalue weighted by Crippen LogP contribution is -2.29. The number of methoxy groups -OCH3 is 1. The van der Waals surface area contributed by atoms with Crippen LogP contribution in [-0.2, 0) is 4.74 Å². The molecule has 26 heavy (non-hydrogen) atoms. The molecule has 1 aliphatic heterocycles. The molecule has 2 aliphatic rings. The first-order valence-electron chi connectivity index (χ1n) is 9.01. The highest BCUT2D eigenvalue weighted by Gasteiger charge is 2.38. The minimum absolute atomic E-state index is 0.266. The number of allylic oxidation sites excluding steroid dienone is 2. The monoisotopic (exact) mass is 348 g/mol. The zero-order valence-electron chi connectivity index (χ0n) is 15.4. The minimum Gasteiger partial charge on any atom is -0.465 e. The molecule has 0 fully saturated rings. The van der Waals surface area contributed by atoms with E-state index in [1.165, 1.54) is 23.9 Å². The minimum atomic E-state index is -0.285. The Kier molecular flexibility index (Phi) is 4.19. The van der Waals surface area contributed by atoms with Crippen molar-refractivity contribution in [1.29, 1.82) is 0 Å². The van der Waals surface area contributed by atoms with E-state index in [-0.39, 0.29) is 12.0 Å². The third-order valence-electron chi connectivity index (χ3n) is 5.55. The molecule has 2 aromatic rings. The van der Waals surface area contributed by atoms with Crippen LogP contribution in [0.1, 0.15) is 39.9 Å². The number of carbonyl (C=O) groups excluding carboxylic acids is 1. The summed E-state index contributed by atoms with van der Waals surface area (Å²) in [6, 6.07) is 14.9. The molecule has 0 radical (unpaired) electrons. The van der Waals surface area contributed by atoms with E-state index in [4.69, 9.17) is 4.74 Å². The van der Waals surface area contributed by atoms with Gasteiger partial charge >= 0.3 is 5.97 Å². The predicted octanol–water partition coefficient (Wildman–Crippen LogP) is 4.37. The lowest BCUT2D eigenvalue weighted by atomic mass is 9.76. The van der Waals surface area contributed by atoms with Crippen molar-refractivity contribution in [3.63, 3.8) is 0 Å². The van der Waals surface area contributed by atoms with Gasteiger partial charge in [-0.25, -0.2) is 4.79 Å². The summed E-state index contributed by atoms with van der Waals surface area (Å²) in [6.45, 7) is 0. The van der Waals surface area contributed by atoms with E-state index >= 15 is 0 Å². The van der Waals surface area contributed by atoms with E-state index in [1.807, 2.05) is 18.2 Å². The van der Waals surface area contributed by atoms with Gasteiger partial charge in [-0.05, 0) is 53.8 Å². The zero-order valence-corrected chi connectivity index (χ0v) is 15.4. The average Bonchev–Trinajstić information content (AvgIpc) is 3.16. The van der Waals surface area contributed by atoms with Crippen molar-refractivity contribution in [2.24, 2.45) is 5.92 Å². The lowest BCUT2D eigenvalue weighted by molar-refractivity contribution is 0.0600. The zero-order chi connectivity index (χ0) is 18.3. The summed E-state index contributed by atoms with van der Waals surface area (Å²) in [4.78, 5) is 14.0. The number of nitrogens with one attached hydrogen (secondary N) is 1. The van der Waals surface area contributed by atoms with Crippen molar-refractivity contribution in [2.45, 2.75) is 18.4 Å². The highest BCUT2D eigenvalue weighted by atomic mass is 16.5. The van der Waals surface area contributed by atoms with Crippen LogP contribution in [0.4, 0.5) is 11.4 Å². The normalized spacial score (nSPS) is 23.0. The molecule has 0 saturated heterocycles. The first-order chi connectivity index (χ1) is 12.6. The third kappa shape index (κ3) is 2.75. The van der Waals surface area contributed by atoms with Crippen LogP contribution in [0.2, 0.25) is 0 Å². The Hall–Kier alpha value is -2.75. The van der Waals surface area contributed by atoms with Gasteiger partial charge in [-0.3, -0.25) is 0 Å². The van der Waals surface area contributed by atoms with E-state index in [0.29, 0.717) is 17.4 Å². The van der Waals surface area contributed by atoms with Crippen LogP contribution in [0.5, 0.6) is 0 Å². The number of anilines is 2. The fourth-order valence-corrected chi connectivity index (χ4v) is 4.15. The molecule has 3 atom stereocenters. The average molecular weight is 348 g/mol. The van der Waals surface area contributed by atoms with Gasteiger partial charge < -0.3 is 15.0 Å². The number of fused-ring (bicyclic) bond motifs is 3. The van der Waals surface area contributed by atoms with Gasteiger partial charge in [-0.2, -0.15) is 0 Å². The van der Waals surface area contributed by atoms with Gasteiger partial charge in [0.15, 0.2) is 0 Å². The van der Waals surface area contributed by atoms with E-state index < -0.39 is 0 Å². The summed E-state index contributed by atoms with van der Waals surface area (Å²) in [5, 5.41) is 3.71. The van der Waals surface area contributed by atoms with Crippen LogP contribution in [0, 0.1) is 5.92 Å². The van der Waals surface area contributed by atoms with Crippen LogP contribution in [-0.4, -0.2) is 27.2 Å². The van der Waals surface area contributed by atoms with Crippen molar-refractivity contribution >= 4 is 17.3 Å². The van der Waals surface area contributed by atoms with Crippen molar-refractivity contribution < 1.29 is 9.53 Å². The van der Waals surface area contributed by atoms with Gasteiger partial charge in [0.25, 0.3) is 0 Å². The van der Waals surface area contributed by atoms with E-state index in [1.54, 1.807) is 0 Å². The van der Waals surface area contributed by atoms with E-state index in [9.17, 15) is 4.79 Å². The Morgan fingerprint density at radius 1 is 1.15 bits per heavy atom. The van der Waals surface area contributed by atoms with Crippen molar-refractivity contribution in [1.82, 2.24) is 0 Å². The molecule has 0 saturated carbocycles. The van der Waals surface area contributed by atoms with Gasteiger partial charge in [0.1, 0.15) is 0 Å². The van der Waals surface area contributed by atoms with Crippen LogP contribution in [0.15, 0.2) is 54.6 Å². The number of benzene rings is 2. The highest BCUT2D eigenvalue weighted by molar-refractivity contribution is 5.90. The second-order valence-electron chi connectivity index (χ2n) is 7.26. The second kappa shape index (κ2) is 6.52. The Bertz CT molecular complexity index is 855. The van der Waals surface area contributed by atoms with E-state index in [0.717, 1.165) is 12.1 Å². The molecule has 0 amide bonds.